The number of rotatable bonds is 12. The molecule has 260 valence electrons. The van der Waals surface area contributed by atoms with Gasteiger partial charge in [-0.3, -0.25) is 19.5 Å². The van der Waals surface area contributed by atoms with Crippen molar-refractivity contribution < 1.29 is 23.9 Å². The van der Waals surface area contributed by atoms with E-state index in [1.807, 2.05) is 67.6 Å². The second-order valence-electron chi connectivity index (χ2n) is 12.1. The second-order valence-corrected chi connectivity index (χ2v) is 13.1. The summed E-state index contributed by atoms with van der Waals surface area (Å²) in [5, 5.41) is 11.0. The van der Waals surface area contributed by atoms with Gasteiger partial charge in [0, 0.05) is 17.7 Å². The summed E-state index contributed by atoms with van der Waals surface area (Å²) in [6.45, 7) is 8.58. The van der Waals surface area contributed by atoms with Crippen molar-refractivity contribution in [2.45, 2.75) is 46.3 Å². The van der Waals surface area contributed by atoms with Crippen molar-refractivity contribution in [3.05, 3.63) is 160 Å². The third-order valence-electron chi connectivity index (χ3n) is 8.40. The molecule has 0 amide bonds. The summed E-state index contributed by atoms with van der Waals surface area (Å²) in [7, 11) is 0. The van der Waals surface area contributed by atoms with Crippen molar-refractivity contribution in [3.63, 3.8) is 0 Å². The molecule has 10 nitrogen and oxygen atoms in total. The zero-order valence-corrected chi connectivity index (χ0v) is 29.5. The minimum absolute atomic E-state index is 0.00662. The Kier molecular flexibility index (Phi) is 10.6. The Morgan fingerprint density at radius 3 is 2.31 bits per heavy atom. The summed E-state index contributed by atoms with van der Waals surface area (Å²) in [5.74, 6) is 0.755. The maximum atomic E-state index is 14.4. The molecule has 0 saturated heterocycles. The van der Waals surface area contributed by atoms with E-state index in [0.717, 1.165) is 22.3 Å². The third-order valence-corrected chi connectivity index (χ3v) is 9.38. The van der Waals surface area contributed by atoms with E-state index in [4.69, 9.17) is 19.2 Å². The van der Waals surface area contributed by atoms with Crippen LogP contribution in [0.2, 0.25) is 0 Å². The van der Waals surface area contributed by atoms with Gasteiger partial charge in [0.25, 0.3) is 11.2 Å². The van der Waals surface area contributed by atoms with Crippen LogP contribution in [0.25, 0.3) is 11.8 Å². The number of hydrogen-bond acceptors (Lipinski definition) is 9. The molecule has 0 aliphatic carbocycles. The van der Waals surface area contributed by atoms with Gasteiger partial charge in [-0.05, 0) is 72.4 Å². The maximum absolute atomic E-state index is 14.4. The highest BCUT2D eigenvalue weighted by Crippen LogP contribution is 2.36. The SMILES string of the molecule is CCOC(=O)C1=C(c2ccccc2)N=c2s/c(=C\c3ccc(OCc4ccc([N+](=O)[O-])cc4)c(OCC)c3)c(=O)n2[C@@H]1c1ccc(C(C)C)cc1. The van der Waals surface area contributed by atoms with E-state index in [0.29, 0.717) is 50.2 Å². The van der Waals surface area contributed by atoms with Gasteiger partial charge >= 0.3 is 5.97 Å². The summed E-state index contributed by atoms with van der Waals surface area (Å²) in [6.07, 6.45) is 1.78. The Bertz CT molecular complexity index is 2270. The molecule has 0 radical (unpaired) electrons. The van der Waals surface area contributed by atoms with Gasteiger partial charge in [-0.25, -0.2) is 9.79 Å². The van der Waals surface area contributed by atoms with Crippen LogP contribution < -0.4 is 24.4 Å². The topological polar surface area (TPSA) is 122 Å². The lowest BCUT2D eigenvalue weighted by atomic mass is 9.91. The van der Waals surface area contributed by atoms with E-state index in [1.54, 1.807) is 41.8 Å². The Labute approximate surface area is 298 Å². The standard InChI is InChI=1S/C40H37N3O7S/c1-5-48-33-22-27(14-21-32(33)50-24-26-12-19-31(20-13-26)43(46)47)23-34-38(44)42-37(30-17-15-28(16-18-30)25(3)4)35(39(45)49-6-2)36(41-40(42)51-34)29-10-8-7-9-11-29/h7-23,25,37H,5-6,24H2,1-4H3/b34-23-/t37-/m1/s1. The summed E-state index contributed by atoms with van der Waals surface area (Å²) >= 11 is 1.24. The monoisotopic (exact) mass is 703 g/mol. The van der Waals surface area contributed by atoms with Crippen LogP contribution in [-0.4, -0.2) is 28.7 Å². The lowest BCUT2D eigenvalue weighted by Gasteiger charge is -2.26. The van der Waals surface area contributed by atoms with E-state index >= 15 is 0 Å². The fourth-order valence-electron chi connectivity index (χ4n) is 5.85. The van der Waals surface area contributed by atoms with Crippen LogP contribution >= 0.6 is 11.3 Å². The smallest absolute Gasteiger partial charge is 0.338 e. The first kappa shape index (κ1) is 35.0. The van der Waals surface area contributed by atoms with E-state index < -0.39 is 16.9 Å². The lowest BCUT2D eigenvalue weighted by Crippen LogP contribution is -2.40. The molecule has 1 atom stereocenters. The number of esters is 1. The lowest BCUT2D eigenvalue weighted by molar-refractivity contribution is -0.384. The van der Waals surface area contributed by atoms with Gasteiger partial charge in [0.1, 0.15) is 6.61 Å². The summed E-state index contributed by atoms with van der Waals surface area (Å²) in [6, 6.07) is 28.2. The third kappa shape index (κ3) is 7.53. The predicted octanol–water partition coefficient (Wildman–Crippen LogP) is 6.94. The van der Waals surface area contributed by atoms with Crippen LogP contribution in [0.15, 0.2) is 112 Å². The van der Waals surface area contributed by atoms with Crippen molar-refractivity contribution in [1.82, 2.24) is 4.57 Å². The molecule has 5 aromatic rings. The first-order chi connectivity index (χ1) is 24.7. The summed E-state index contributed by atoms with van der Waals surface area (Å²) in [4.78, 5) is 44.1. The fourth-order valence-corrected chi connectivity index (χ4v) is 6.85. The van der Waals surface area contributed by atoms with E-state index in [9.17, 15) is 19.7 Å². The summed E-state index contributed by atoms with van der Waals surface area (Å²) in [5.41, 5.74) is 4.60. The molecule has 1 aromatic heterocycles. The molecule has 0 bridgehead atoms. The number of carbonyl (C=O) groups is 1. The van der Waals surface area contributed by atoms with Gasteiger partial charge in [-0.2, -0.15) is 0 Å². The molecule has 0 unspecified atom stereocenters. The van der Waals surface area contributed by atoms with Crippen molar-refractivity contribution in [2.75, 3.05) is 13.2 Å². The highest BCUT2D eigenvalue weighted by molar-refractivity contribution is 7.07. The van der Waals surface area contributed by atoms with Gasteiger partial charge in [-0.15, -0.1) is 0 Å². The Morgan fingerprint density at radius 1 is 0.941 bits per heavy atom. The van der Waals surface area contributed by atoms with Crippen LogP contribution in [-0.2, 0) is 16.1 Å². The zero-order valence-electron chi connectivity index (χ0n) is 28.7. The molecular weight excluding hydrogens is 667 g/mol. The van der Waals surface area contributed by atoms with E-state index in [1.165, 1.54) is 23.5 Å². The van der Waals surface area contributed by atoms with Crippen molar-refractivity contribution in [1.29, 1.82) is 0 Å². The number of carbonyl (C=O) groups excluding carboxylic acids is 1. The van der Waals surface area contributed by atoms with E-state index in [-0.39, 0.29) is 24.5 Å². The minimum Gasteiger partial charge on any atom is -0.490 e. The number of nitro benzene ring substituents is 1. The Morgan fingerprint density at radius 2 is 1.67 bits per heavy atom. The largest absolute Gasteiger partial charge is 0.490 e. The quantitative estimate of drug-likeness (QED) is 0.0784. The fraction of sp³-hybridized carbons (Fsp3) is 0.225. The molecular formula is C40H37N3O7S. The van der Waals surface area contributed by atoms with Crippen LogP contribution in [0.1, 0.15) is 67.5 Å². The number of hydrogen-bond donors (Lipinski definition) is 0. The van der Waals surface area contributed by atoms with Crippen LogP contribution in [0, 0.1) is 10.1 Å². The molecule has 1 aliphatic heterocycles. The normalized spacial score (nSPS) is 14.2. The highest BCUT2D eigenvalue weighted by atomic mass is 32.1. The number of nitrogens with zero attached hydrogens (tertiary/aromatic N) is 3. The number of benzene rings is 4. The number of non-ortho nitro benzene ring substituents is 1. The van der Waals surface area contributed by atoms with Crippen LogP contribution in [0.3, 0.4) is 0 Å². The average molecular weight is 704 g/mol. The Hall–Kier alpha value is -5.81. The molecule has 1 aliphatic rings. The molecule has 11 heteroatoms. The van der Waals surface area contributed by atoms with Crippen molar-refractivity contribution in [3.8, 4) is 11.5 Å². The number of aromatic nitrogens is 1. The zero-order chi connectivity index (χ0) is 36.1. The molecule has 0 N–H and O–H groups in total. The molecule has 0 saturated carbocycles. The van der Waals surface area contributed by atoms with E-state index in [2.05, 4.69) is 13.8 Å². The molecule has 51 heavy (non-hydrogen) atoms. The number of ether oxygens (including phenoxy) is 3. The van der Waals surface area contributed by atoms with Gasteiger partial charge in [0.15, 0.2) is 16.3 Å². The second kappa shape index (κ2) is 15.4. The van der Waals surface area contributed by atoms with Gasteiger partial charge in [0.2, 0.25) is 0 Å². The predicted molar refractivity (Wildman–Crippen MR) is 197 cm³/mol. The van der Waals surface area contributed by atoms with Crippen LogP contribution in [0.5, 0.6) is 11.5 Å². The first-order valence-electron chi connectivity index (χ1n) is 16.7. The van der Waals surface area contributed by atoms with Crippen molar-refractivity contribution >= 4 is 34.8 Å². The Balaban J connectivity index is 1.44. The maximum Gasteiger partial charge on any atom is 0.338 e. The number of thiazole rings is 1. The molecule has 2 heterocycles. The van der Waals surface area contributed by atoms with Crippen molar-refractivity contribution in [2.24, 2.45) is 4.99 Å². The molecule has 0 fully saturated rings. The van der Waals surface area contributed by atoms with Gasteiger partial charge in [-0.1, -0.05) is 85.8 Å². The van der Waals surface area contributed by atoms with Gasteiger partial charge < -0.3 is 14.2 Å². The molecule has 4 aromatic carbocycles. The molecule has 6 rings (SSSR count). The number of fused-ring (bicyclic) bond motifs is 1. The van der Waals surface area contributed by atoms with Gasteiger partial charge in [0.05, 0.1) is 40.0 Å². The average Bonchev–Trinajstić information content (AvgIpc) is 3.45. The minimum atomic E-state index is -0.770. The number of nitro groups is 1. The summed E-state index contributed by atoms with van der Waals surface area (Å²) < 4.78 is 19.5. The molecule has 0 spiro atoms. The first-order valence-corrected chi connectivity index (χ1v) is 17.5. The highest BCUT2D eigenvalue weighted by Gasteiger charge is 2.35. The van der Waals surface area contributed by atoms with Crippen LogP contribution in [0.4, 0.5) is 5.69 Å².